The molecule has 6 aliphatic rings. The molecule has 33 heavy (non-hydrogen) atoms. The van der Waals surface area contributed by atoms with E-state index in [0.717, 1.165) is 38.5 Å². The first-order valence-electron chi connectivity index (χ1n) is 12.9. The normalized spacial score (nSPS) is 46.1. The van der Waals surface area contributed by atoms with Crippen LogP contribution in [0.4, 0.5) is 0 Å². The summed E-state index contributed by atoms with van der Waals surface area (Å²) in [6.45, 7) is 9.53. The van der Waals surface area contributed by atoms with Crippen molar-refractivity contribution in [3.05, 3.63) is 11.6 Å². The first-order chi connectivity index (χ1) is 15.6. The summed E-state index contributed by atoms with van der Waals surface area (Å²) >= 11 is 0. The van der Waals surface area contributed by atoms with Crippen molar-refractivity contribution in [3.8, 4) is 0 Å². The van der Waals surface area contributed by atoms with Gasteiger partial charge in [-0.3, -0.25) is 19.3 Å². The van der Waals surface area contributed by atoms with Crippen molar-refractivity contribution < 1.29 is 19.1 Å². The maximum absolute atomic E-state index is 13.7. The third-order valence-electron chi connectivity index (χ3n) is 10.8. The Labute approximate surface area is 197 Å². The van der Waals surface area contributed by atoms with E-state index in [1.807, 2.05) is 0 Å². The van der Waals surface area contributed by atoms with Crippen molar-refractivity contribution in [1.29, 1.82) is 0 Å². The highest BCUT2D eigenvalue weighted by Crippen LogP contribution is 2.74. The number of imide groups is 1. The zero-order chi connectivity index (χ0) is 23.9. The molecule has 5 aliphatic carbocycles. The Morgan fingerprint density at radius 3 is 2.55 bits per heavy atom. The molecule has 6 nitrogen and oxygen atoms in total. The molecule has 0 aromatic heterocycles. The lowest BCUT2D eigenvalue weighted by Crippen LogP contribution is -2.65. The van der Waals surface area contributed by atoms with Crippen LogP contribution >= 0.6 is 0 Å². The summed E-state index contributed by atoms with van der Waals surface area (Å²) in [4.78, 5) is 41.7. The predicted octanol–water partition coefficient (Wildman–Crippen LogP) is 3.54. The second-order valence-electron chi connectivity index (χ2n) is 12.3. The second kappa shape index (κ2) is 7.40. The Balaban J connectivity index is 1.64. The zero-order valence-corrected chi connectivity index (χ0v) is 20.9. The van der Waals surface area contributed by atoms with Crippen LogP contribution in [-0.2, 0) is 19.1 Å². The van der Waals surface area contributed by atoms with Gasteiger partial charge in [0.2, 0.25) is 11.8 Å². The Morgan fingerprint density at radius 2 is 1.91 bits per heavy atom. The van der Waals surface area contributed by atoms with E-state index in [9.17, 15) is 14.4 Å². The van der Waals surface area contributed by atoms with Crippen LogP contribution in [0.25, 0.3) is 0 Å². The largest absolute Gasteiger partial charge is 0.469 e. The van der Waals surface area contributed by atoms with Crippen LogP contribution in [-0.4, -0.2) is 42.9 Å². The number of likely N-dealkylation sites (tertiary alicyclic amines) is 1. The molecule has 1 saturated heterocycles. The van der Waals surface area contributed by atoms with Gasteiger partial charge in [-0.1, -0.05) is 38.8 Å². The fourth-order valence-corrected chi connectivity index (χ4v) is 9.59. The van der Waals surface area contributed by atoms with E-state index in [4.69, 9.17) is 10.5 Å². The molecule has 6 heteroatoms. The van der Waals surface area contributed by atoms with Gasteiger partial charge in [-0.15, -0.1) is 0 Å². The average molecular weight is 457 g/mol. The molecule has 3 saturated carbocycles. The van der Waals surface area contributed by atoms with E-state index in [-0.39, 0.29) is 52.3 Å². The Bertz CT molecular complexity index is 927. The number of esters is 1. The third kappa shape index (κ3) is 2.73. The summed E-state index contributed by atoms with van der Waals surface area (Å²) in [5.41, 5.74) is 6.33. The number of nitrogens with two attached hydrogens (primary N) is 1. The first-order valence-corrected chi connectivity index (χ1v) is 12.9. The molecule has 8 unspecified atom stereocenters. The molecule has 8 atom stereocenters. The van der Waals surface area contributed by atoms with E-state index < -0.39 is 5.41 Å². The molecule has 6 rings (SSSR count). The van der Waals surface area contributed by atoms with E-state index in [0.29, 0.717) is 24.9 Å². The first kappa shape index (κ1) is 23.1. The van der Waals surface area contributed by atoms with E-state index in [1.54, 1.807) is 0 Å². The van der Waals surface area contributed by atoms with Crippen molar-refractivity contribution in [2.24, 2.45) is 57.5 Å². The number of carbonyl (C=O) groups excluding carboxylic acids is 3. The van der Waals surface area contributed by atoms with Gasteiger partial charge in [0.25, 0.3) is 0 Å². The van der Waals surface area contributed by atoms with E-state index in [1.165, 1.54) is 17.6 Å². The molecule has 4 fully saturated rings. The van der Waals surface area contributed by atoms with Crippen molar-refractivity contribution >= 4 is 17.8 Å². The molecule has 0 aromatic carbocycles. The summed E-state index contributed by atoms with van der Waals surface area (Å²) in [5, 5.41) is 0. The highest BCUT2D eigenvalue weighted by Gasteiger charge is 2.73. The number of methoxy groups -OCH3 is 1. The number of rotatable bonds is 4. The molecule has 1 spiro atoms. The number of carbonyl (C=O) groups is 3. The fourth-order valence-electron chi connectivity index (χ4n) is 9.59. The van der Waals surface area contributed by atoms with Crippen LogP contribution in [0.2, 0.25) is 0 Å². The second-order valence-corrected chi connectivity index (χ2v) is 12.3. The minimum absolute atomic E-state index is 0.000144. The van der Waals surface area contributed by atoms with Crippen LogP contribution in [0, 0.1) is 51.8 Å². The number of allylic oxidation sites excluding steroid dienone is 2. The number of ether oxygens (including phenoxy) is 1. The molecule has 182 valence electrons. The van der Waals surface area contributed by atoms with Crippen molar-refractivity contribution in [1.82, 2.24) is 4.90 Å². The van der Waals surface area contributed by atoms with Crippen LogP contribution in [0.3, 0.4) is 0 Å². The zero-order valence-electron chi connectivity index (χ0n) is 20.9. The maximum Gasteiger partial charge on any atom is 0.311 e. The lowest BCUT2D eigenvalue weighted by molar-refractivity contribution is -0.196. The molecule has 2 amide bonds. The summed E-state index contributed by atoms with van der Waals surface area (Å²) in [7, 11) is 1.50. The van der Waals surface area contributed by atoms with Gasteiger partial charge in [-0.05, 0) is 68.1 Å². The average Bonchev–Trinajstić information content (AvgIpc) is 3.05. The van der Waals surface area contributed by atoms with Crippen molar-refractivity contribution in [3.63, 3.8) is 0 Å². The number of hydrogen-bond acceptors (Lipinski definition) is 5. The number of amides is 2. The number of hydrogen-bond donors (Lipinski definition) is 1. The van der Waals surface area contributed by atoms with Gasteiger partial charge in [-0.2, -0.15) is 0 Å². The Kier molecular flexibility index (Phi) is 5.17. The minimum Gasteiger partial charge on any atom is -0.469 e. The van der Waals surface area contributed by atoms with Crippen LogP contribution in [0.15, 0.2) is 11.6 Å². The topological polar surface area (TPSA) is 89.7 Å². The highest BCUT2D eigenvalue weighted by molar-refractivity contribution is 6.06. The maximum atomic E-state index is 13.7. The summed E-state index contributed by atoms with van der Waals surface area (Å²) < 4.78 is 5.30. The smallest absolute Gasteiger partial charge is 0.311 e. The standard InChI is InChI=1S/C27H40N2O4/c1-15(2)17-14-27-10-7-18-25(3,8-6-9-26(18,4)24(32)33-5)19(27)13-16(17)20-21(27)23(31)29(12-11-28)22(20)30/h14-16,18-21H,6-13,28H2,1-5H3. The quantitative estimate of drug-likeness (QED) is 0.397. The molecule has 1 aliphatic heterocycles. The van der Waals surface area contributed by atoms with Gasteiger partial charge in [0.05, 0.1) is 24.4 Å². The summed E-state index contributed by atoms with van der Waals surface area (Å²) in [6.07, 6.45) is 8.10. The molecular weight excluding hydrogens is 416 g/mol. The highest BCUT2D eigenvalue weighted by atomic mass is 16.5. The predicted molar refractivity (Wildman–Crippen MR) is 125 cm³/mol. The van der Waals surface area contributed by atoms with Gasteiger partial charge >= 0.3 is 5.97 Å². The summed E-state index contributed by atoms with van der Waals surface area (Å²) in [5.74, 6) is 0.413. The van der Waals surface area contributed by atoms with Gasteiger partial charge in [-0.25, -0.2) is 0 Å². The van der Waals surface area contributed by atoms with E-state index in [2.05, 4.69) is 33.8 Å². The third-order valence-corrected chi connectivity index (χ3v) is 10.8. The molecule has 0 aromatic rings. The number of fused-ring (bicyclic) bond motifs is 1. The van der Waals surface area contributed by atoms with Crippen LogP contribution in [0.5, 0.6) is 0 Å². The molecule has 0 radical (unpaired) electrons. The van der Waals surface area contributed by atoms with Crippen molar-refractivity contribution in [2.75, 3.05) is 20.2 Å². The van der Waals surface area contributed by atoms with E-state index >= 15 is 0 Å². The van der Waals surface area contributed by atoms with Gasteiger partial charge in [0.1, 0.15) is 0 Å². The van der Waals surface area contributed by atoms with Crippen LogP contribution in [0.1, 0.15) is 66.2 Å². The van der Waals surface area contributed by atoms with Gasteiger partial charge < -0.3 is 10.5 Å². The SMILES string of the molecule is COC(=O)C1(C)CCCC2(C)C1CCC13C=C(C(C)C)C(CC21)C1C(=O)N(CCN)C(=O)C13. The molecular formula is C27H40N2O4. The van der Waals surface area contributed by atoms with Gasteiger partial charge in [0.15, 0.2) is 0 Å². The minimum atomic E-state index is -0.481. The fraction of sp³-hybridized carbons (Fsp3) is 0.815. The Hall–Kier alpha value is -1.69. The molecule has 2 bridgehead atoms. The molecule has 2 N–H and O–H groups in total. The Morgan fingerprint density at radius 1 is 1.18 bits per heavy atom. The molecule has 1 heterocycles. The van der Waals surface area contributed by atoms with Crippen LogP contribution < -0.4 is 5.73 Å². The number of nitrogens with zero attached hydrogens (tertiary/aromatic N) is 1. The van der Waals surface area contributed by atoms with Crippen molar-refractivity contribution in [2.45, 2.75) is 66.2 Å². The summed E-state index contributed by atoms with van der Waals surface area (Å²) in [6, 6.07) is 0. The monoisotopic (exact) mass is 456 g/mol. The van der Waals surface area contributed by atoms with Gasteiger partial charge in [0, 0.05) is 18.5 Å². The lowest BCUT2D eigenvalue weighted by atomic mass is 9.34. The lowest BCUT2D eigenvalue weighted by Gasteiger charge is -2.68.